The van der Waals surface area contributed by atoms with Crippen LogP contribution in [0.15, 0.2) is 83.8 Å². The molecule has 0 aliphatic rings. The topological polar surface area (TPSA) is 66.5 Å². The number of aryl methyl sites for hydroxylation is 2. The Morgan fingerprint density at radius 2 is 1.52 bits per heavy atom. The van der Waals surface area contributed by atoms with Crippen molar-refractivity contribution in [1.82, 2.24) is 5.32 Å². The van der Waals surface area contributed by atoms with Gasteiger partial charge in [-0.05, 0) is 55.5 Å². The Balaban J connectivity index is 1.95. The molecule has 0 saturated carbocycles. The molecule has 1 N–H and O–H groups in total. The first kappa shape index (κ1) is 24.5. The van der Waals surface area contributed by atoms with E-state index in [-0.39, 0.29) is 23.4 Å². The molecule has 0 aromatic heterocycles. The number of nitrogens with one attached hydrogen (secondary N) is 1. The van der Waals surface area contributed by atoms with Gasteiger partial charge in [0.2, 0.25) is 5.91 Å². The van der Waals surface area contributed by atoms with Crippen molar-refractivity contribution in [2.24, 2.45) is 5.92 Å². The van der Waals surface area contributed by atoms with E-state index in [1.165, 1.54) is 4.31 Å². The smallest absolute Gasteiger partial charge is 0.264 e. The van der Waals surface area contributed by atoms with E-state index in [2.05, 4.69) is 19.2 Å². The van der Waals surface area contributed by atoms with E-state index in [9.17, 15) is 13.2 Å². The van der Waals surface area contributed by atoms with Crippen LogP contribution in [0.25, 0.3) is 0 Å². The number of amides is 1. The Hall–Kier alpha value is -3.12. The highest BCUT2D eigenvalue weighted by Gasteiger charge is 2.29. The molecule has 0 radical (unpaired) electrons. The molecule has 174 valence electrons. The zero-order valence-electron chi connectivity index (χ0n) is 19.7. The third-order valence-corrected chi connectivity index (χ3v) is 7.26. The summed E-state index contributed by atoms with van der Waals surface area (Å²) in [4.78, 5) is 13.4. The summed E-state index contributed by atoms with van der Waals surface area (Å²) in [6, 6.07) is 23.4. The molecule has 0 aliphatic carbocycles. The first-order valence-electron chi connectivity index (χ1n) is 11.2. The molecule has 0 bridgehead atoms. The van der Waals surface area contributed by atoms with Crippen LogP contribution in [-0.2, 0) is 14.8 Å². The van der Waals surface area contributed by atoms with Crippen LogP contribution >= 0.6 is 0 Å². The second kappa shape index (κ2) is 10.7. The lowest BCUT2D eigenvalue weighted by Gasteiger charge is -2.27. The monoisotopic (exact) mass is 464 g/mol. The maximum Gasteiger partial charge on any atom is 0.264 e. The first-order chi connectivity index (χ1) is 15.7. The quantitative estimate of drug-likeness (QED) is 0.461. The molecule has 1 unspecified atom stereocenters. The summed E-state index contributed by atoms with van der Waals surface area (Å²) in [5.41, 5.74) is 3.33. The fraction of sp³-hybridized carbons (Fsp3) is 0.296. The van der Waals surface area contributed by atoms with Gasteiger partial charge in [0.25, 0.3) is 10.0 Å². The van der Waals surface area contributed by atoms with Gasteiger partial charge in [-0.1, -0.05) is 80.1 Å². The molecule has 3 aromatic rings. The van der Waals surface area contributed by atoms with E-state index in [0.717, 1.165) is 23.1 Å². The van der Waals surface area contributed by atoms with Crippen LogP contribution in [0, 0.1) is 19.8 Å². The minimum Gasteiger partial charge on any atom is -0.348 e. The van der Waals surface area contributed by atoms with Crippen molar-refractivity contribution in [2.45, 2.75) is 45.1 Å². The summed E-state index contributed by atoms with van der Waals surface area (Å²) >= 11 is 0. The Bertz CT molecular complexity index is 1180. The number of sulfonamides is 1. The second-order valence-electron chi connectivity index (χ2n) is 8.78. The molecule has 0 saturated heterocycles. The molecule has 1 atom stereocenters. The van der Waals surface area contributed by atoms with Gasteiger partial charge >= 0.3 is 0 Å². The summed E-state index contributed by atoms with van der Waals surface area (Å²) < 4.78 is 28.4. The van der Waals surface area contributed by atoms with Crippen molar-refractivity contribution >= 4 is 21.6 Å². The van der Waals surface area contributed by atoms with E-state index >= 15 is 0 Å². The summed E-state index contributed by atoms with van der Waals surface area (Å²) in [7, 11) is -3.94. The van der Waals surface area contributed by atoms with Gasteiger partial charge in [0, 0.05) is 0 Å². The highest BCUT2D eigenvalue weighted by Crippen LogP contribution is 2.28. The van der Waals surface area contributed by atoms with Crippen molar-refractivity contribution in [2.75, 3.05) is 10.8 Å². The fourth-order valence-corrected chi connectivity index (χ4v) is 5.42. The Kier molecular flexibility index (Phi) is 7.92. The predicted octanol–water partition coefficient (Wildman–Crippen LogP) is 5.40. The van der Waals surface area contributed by atoms with Crippen molar-refractivity contribution in [3.63, 3.8) is 0 Å². The second-order valence-corrected chi connectivity index (χ2v) is 10.6. The van der Waals surface area contributed by atoms with Gasteiger partial charge in [0.1, 0.15) is 6.54 Å². The van der Waals surface area contributed by atoms with Crippen LogP contribution in [0.3, 0.4) is 0 Å². The molecule has 0 fully saturated rings. The fourth-order valence-electron chi connectivity index (χ4n) is 3.91. The molecule has 5 nitrogen and oxygen atoms in total. The van der Waals surface area contributed by atoms with E-state index < -0.39 is 10.0 Å². The average Bonchev–Trinajstić information content (AvgIpc) is 2.78. The van der Waals surface area contributed by atoms with Gasteiger partial charge in [-0.15, -0.1) is 0 Å². The van der Waals surface area contributed by atoms with Gasteiger partial charge in [-0.25, -0.2) is 8.42 Å². The lowest BCUT2D eigenvalue weighted by atomic mass is 9.97. The zero-order valence-corrected chi connectivity index (χ0v) is 20.5. The van der Waals surface area contributed by atoms with E-state index in [0.29, 0.717) is 11.6 Å². The van der Waals surface area contributed by atoms with Gasteiger partial charge in [0.05, 0.1) is 16.6 Å². The molecule has 3 aromatic carbocycles. The third kappa shape index (κ3) is 6.23. The number of hydrogen-bond acceptors (Lipinski definition) is 3. The van der Waals surface area contributed by atoms with Crippen LogP contribution in [0.2, 0.25) is 0 Å². The summed E-state index contributed by atoms with van der Waals surface area (Å²) in [6.07, 6.45) is 0.755. The highest BCUT2D eigenvalue weighted by molar-refractivity contribution is 7.92. The van der Waals surface area contributed by atoms with Gasteiger partial charge in [-0.2, -0.15) is 0 Å². The summed E-state index contributed by atoms with van der Waals surface area (Å²) in [6.45, 7) is 7.71. The zero-order chi connectivity index (χ0) is 24.0. The van der Waals surface area contributed by atoms with Crippen molar-refractivity contribution < 1.29 is 13.2 Å². The molecule has 0 spiro atoms. The molecule has 1 amide bonds. The van der Waals surface area contributed by atoms with Crippen LogP contribution in [0.5, 0.6) is 0 Å². The number of carbonyl (C=O) groups excluding carboxylic acids is 1. The van der Waals surface area contributed by atoms with Crippen LogP contribution in [-0.4, -0.2) is 20.9 Å². The first-order valence-corrected chi connectivity index (χ1v) is 12.6. The van der Waals surface area contributed by atoms with Crippen LogP contribution in [0.1, 0.15) is 43.0 Å². The highest BCUT2D eigenvalue weighted by atomic mass is 32.2. The van der Waals surface area contributed by atoms with Gasteiger partial charge < -0.3 is 5.32 Å². The molecule has 0 aliphatic heterocycles. The number of anilines is 1. The minimum atomic E-state index is -3.94. The lowest BCUT2D eigenvalue weighted by molar-refractivity contribution is -0.120. The molecule has 33 heavy (non-hydrogen) atoms. The van der Waals surface area contributed by atoms with Gasteiger partial charge in [0.15, 0.2) is 0 Å². The lowest BCUT2D eigenvalue weighted by Crippen LogP contribution is -2.42. The summed E-state index contributed by atoms with van der Waals surface area (Å²) in [5, 5.41) is 3.07. The minimum absolute atomic E-state index is 0.152. The maximum absolute atomic E-state index is 13.6. The Morgan fingerprint density at radius 3 is 2.09 bits per heavy atom. The molecule has 0 heterocycles. The van der Waals surface area contributed by atoms with Crippen LogP contribution < -0.4 is 9.62 Å². The number of carbonyl (C=O) groups is 1. The van der Waals surface area contributed by atoms with Crippen molar-refractivity contribution in [1.29, 1.82) is 0 Å². The summed E-state index contributed by atoms with van der Waals surface area (Å²) in [5.74, 6) is 0.0167. The molecule has 3 rings (SSSR count). The maximum atomic E-state index is 13.6. The van der Waals surface area contributed by atoms with Gasteiger partial charge in [-0.3, -0.25) is 9.10 Å². The number of nitrogens with zero attached hydrogens (tertiary/aromatic N) is 1. The third-order valence-electron chi connectivity index (χ3n) is 5.48. The molecular formula is C27H32N2O3S. The number of rotatable bonds is 9. The normalized spacial score (nSPS) is 12.4. The van der Waals surface area contributed by atoms with E-state index in [1.807, 2.05) is 56.3 Å². The molecular weight excluding hydrogens is 432 g/mol. The van der Waals surface area contributed by atoms with Crippen LogP contribution in [0.4, 0.5) is 5.69 Å². The van der Waals surface area contributed by atoms with Crippen molar-refractivity contribution in [3.05, 3.63) is 95.6 Å². The SMILES string of the molecule is Cc1ccc(N(CC(=O)NC(CC(C)C)c2ccccc2)S(=O)(=O)c2ccccc2)c(C)c1. The molecule has 6 heteroatoms. The number of benzene rings is 3. The Labute approximate surface area is 197 Å². The Morgan fingerprint density at radius 1 is 0.909 bits per heavy atom. The van der Waals surface area contributed by atoms with E-state index in [1.54, 1.807) is 36.4 Å². The van der Waals surface area contributed by atoms with E-state index in [4.69, 9.17) is 0 Å². The largest absolute Gasteiger partial charge is 0.348 e. The van der Waals surface area contributed by atoms with Crippen molar-refractivity contribution in [3.8, 4) is 0 Å². The average molecular weight is 465 g/mol. The predicted molar refractivity (Wildman–Crippen MR) is 134 cm³/mol. The number of hydrogen-bond donors (Lipinski definition) is 1. The standard InChI is InChI=1S/C27H32N2O3S/c1-20(2)17-25(23-11-7-5-8-12-23)28-27(30)19-29(26-16-15-21(3)18-22(26)4)33(31,32)24-13-9-6-10-14-24/h5-16,18,20,25H,17,19H2,1-4H3,(H,28,30).